The van der Waals surface area contributed by atoms with Crippen LogP contribution in [0.2, 0.25) is 0 Å². The molecule has 3 nitrogen and oxygen atoms in total. The van der Waals surface area contributed by atoms with Crippen molar-refractivity contribution in [3.63, 3.8) is 0 Å². The molecule has 1 atom stereocenters. The fourth-order valence-corrected chi connectivity index (χ4v) is 2.68. The van der Waals surface area contributed by atoms with Gasteiger partial charge in [-0.1, -0.05) is 24.3 Å². The van der Waals surface area contributed by atoms with E-state index < -0.39 is 0 Å². The molecule has 5 heteroatoms. The van der Waals surface area contributed by atoms with E-state index in [0.29, 0.717) is 25.9 Å². The number of benzene rings is 2. The maximum absolute atomic E-state index is 13.1. The second kappa shape index (κ2) is 9.47. The first-order chi connectivity index (χ1) is 11.6. The summed E-state index contributed by atoms with van der Waals surface area (Å²) in [7, 11) is 0. The Morgan fingerprint density at radius 1 is 0.792 bits per heavy atom. The van der Waals surface area contributed by atoms with Crippen molar-refractivity contribution < 1.29 is 19.0 Å². The minimum Gasteiger partial charge on any atom is -0.396 e. The summed E-state index contributed by atoms with van der Waals surface area (Å²) in [6.45, 7) is 1.10. The Morgan fingerprint density at radius 3 is 1.62 bits per heavy atom. The number of rotatable bonds is 9. The van der Waals surface area contributed by atoms with E-state index in [2.05, 4.69) is 4.90 Å². The topological polar surface area (TPSA) is 43.7 Å². The molecule has 0 aliphatic heterocycles. The molecule has 2 aromatic rings. The third-order valence-electron chi connectivity index (χ3n) is 4.02. The first-order valence-electron chi connectivity index (χ1n) is 8.07. The fourth-order valence-electron chi connectivity index (χ4n) is 2.68. The molecule has 0 heterocycles. The van der Waals surface area contributed by atoms with Crippen LogP contribution in [0.3, 0.4) is 0 Å². The Hall–Kier alpha value is -1.82. The van der Waals surface area contributed by atoms with Crippen LogP contribution in [0.5, 0.6) is 0 Å². The number of halogens is 2. The highest BCUT2D eigenvalue weighted by Gasteiger charge is 2.18. The molecule has 0 spiro atoms. The predicted octanol–water partition coefficient (Wildman–Crippen LogP) is 3.10. The van der Waals surface area contributed by atoms with E-state index in [1.165, 1.54) is 24.3 Å². The Morgan fingerprint density at radius 2 is 1.25 bits per heavy atom. The van der Waals surface area contributed by atoms with Crippen molar-refractivity contribution in [1.82, 2.24) is 4.90 Å². The van der Waals surface area contributed by atoms with Crippen LogP contribution in [0.4, 0.5) is 8.78 Å². The van der Waals surface area contributed by atoms with Gasteiger partial charge in [-0.3, -0.25) is 4.90 Å². The smallest absolute Gasteiger partial charge is 0.123 e. The van der Waals surface area contributed by atoms with Crippen molar-refractivity contribution in [2.75, 3.05) is 13.2 Å². The standard InChI is InChI=1S/C19H23F2NO2/c20-17-7-3-15(4-8-17)12-22(19(14-24)2-1-11-23)13-16-5-9-18(21)10-6-16/h3-10,19,23-24H,1-2,11-14H2/t19-/m0/s1. The van der Waals surface area contributed by atoms with Gasteiger partial charge in [-0.25, -0.2) is 8.78 Å². The maximum Gasteiger partial charge on any atom is 0.123 e. The summed E-state index contributed by atoms with van der Waals surface area (Å²) in [6, 6.07) is 12.4. The van der Waals surface area contributed by atoms with E-state index in [-0.39, 0.29) is 30.9 Å². The van der Waals surface area contributed by atoms with Crippen LogP contribution < -0.4 is 0 Å². The van der Waals surface area contributed by atoms with Crippen LogP contribution in [0.1, 0.15) is 24.0 Å². The summed E-state index contributed by atoms with van der Waals surface area (Å²) >= 11 is 0. The highest BCUT2D eigenvalue weighted by atomic mass is 19.1. The predicted molar refractivity (Wildman–Crippen MR) is 89.2 cm³/mol. The minimum absolute atomic E-state index is 0.0393. The van der Waals surface area contributed by atoms with E-state index in [4.69, 9.17) is 5.11 Å². The molecule has 2 N–H and O–H groups in total. The second-order valence-electron chi connectivity index (χ2n) is 5.86. The first kappa shape index (κ1) is 18.5. The van der Waals surface area contributed by atoms with E-state index in [1.807, 2.05) is 0 Å². The molecule has 0 saturated heterocycles. The molecule has 0 bridgehead atoms. The summed E-state index contributed by atoms with van der Waals surface area (Å²) in [5.74, 6) is -0.578. The summed E-state index contributed by atoms with van der Waals surface area (Å²) < 4.78 is 26.2. The summed E-state index contributed by atoms with van der Waals surface area (Å²) in [5, 5.41) is 18.8. The van der Waals surface area contributed by atoms with Crippen molar-refractivity contribution in [3.8, 4) is 0 Å². The van der Waals surface area contributed by atoms with Gasteiger partial charge in [0.25, 0.3) is 0 Å². The molecule has 2 rings (SSSR count). The Bertz CT molecular complexity index is 554. The number of hydrogen-bond donors (Lipinski definition) is 2. The van der Waals surface area contributed by atoms with Gasteiger partial charge in [0.05, 0.1) is 6.61 Å². The Balaban J connectivity index is 2.15. The first-order valence-corrected chi connectivity index (χ1v) is 8.07. The largest absolute Gasteiger partial charge is 0.396 e. The van der Waals surface area contributed by atoms with E-state index in [1.54, 1.807) is 24.3 Å². The lowest BCUT2D eigenvalue weighted by Crippen LogP contribution is -2.37. The van der Waals surface area contributed by atoms with Crippen LogP contribution in [-0.4, -0.2) is 34.4 Å². The summed E-state index contributed by atoms with van der Waals surface area (Å²) in [5.41, 5.74) is 1.86. The molecule has 0 aliphatic rings. The van der Waals surface area contributed by atoms with E-state index in [0.717, 1.165) is 11.1 Å². The van der Waals surface area contributed by atoms with Crippen LogP contribution in [-0.2, 0) is 13.1 Å². The lowest BCUT2D eigenvalue weighted by Gasteiger charge is -2.31. The molecule has 0 fully saturated rings. The number of aliphatic hydroxyl groups is 2. The molecule has 0 aliphatic carbocycles. The summed E-state index contributed by atoms with van der Waals surface area (Å²) in [4.78, 5) is 2.07. The molecule has 0 aromatic heterocycles. The highest BCUT2D eigenvalue weighted by molar-refractivity contribution is 5.18. The third-order valence-corrected chi connectivity index (χ3v) is 4.02. The zero-order valence-electron chi connectivity index (χ0n) is 13.5. The van der Waals surface area contributed by atoms with Crippen LogP contribution in [0.25, 0.3) is 0 Å². The second-order valence-corrected chi connectivity index (χ2v) is 5.86. The van der Waals surface area contributed by atoms with Crippen molar-refractivity contribution in [1.29, 1.82) is 0 Å². The summed E-state index contributed by atoms with van der Waals surface area (Å²) in [6.07, 6.45) is 1.24. The van der Waals surface area contributed by atoms with Gasteiger partial charge < -0.3 is 10.2 Å². The average molecular weight is 335 g/mol. The van der Waals surface area contributed by atoms with Crippen molar-refractivity contribution in [3.05, 3.63) is 71.3 Å². The van der Waals surface area contributed by atoms with Gasteiger partial charge in [0.2, 0.25) is 0 Å². The molecule has 130 valence electrons. The molecule has 0 saturated carbocycles. The van der Waals surface area contributed by atoms with Crippen molar-refractivity contribution in [2.45, 2.75) is 32.0 Å². The highest BCUT2D eigenvalue weighted by Crippen LogP contribution is 2.17. The zero-order valence-corrected chi connectivity index (χ0v) is 13.5. The fraction of sp³-hybridized carbons (Fsp3) is 0.368. The molecular weight excluding hydrogens is 312 g/mol. The molecule has 0 amide bonds. The quantitative estimate of drug-likeness (QED) is 0.740. The van der Waals surface area contributed by atoms with Crippen molar-refractivity contribution in [2.24, 2.45) is 0 Å². The van der Waals surface area contributed by atoms with Crippen LogP contribution in [0, 0.1) is 11.6 Å². The molecule has 24 heavy (non-hydrogen) atoms. The molecular formula is C19H23F2NO2. The number of aliphatic hydroxyl groups excluding tert-OH is 2. The van der Waals surface area contributed by atoms with Gasteiger partial charge in [0.15, 0.2) is 0 Å². The monoisotopic (exact) mass is 335 g/mol. The maximum atomic E-state index is 13.1. The Kier molecular flexibility index (Phi) is 7.31. The number of nitrogens with zero attached hydrogens (tertiary/aromatic N) is 1. The average Bonchev–Trinajstić information content (AvgIpc) is 2.59. The van der Waals surface area contributed by atoms with Gasteiger partial charge in [0, 0.05) is 25.7 Å². The minimum atomic E-state index is -0.289. The lowest BCUT2D eigenvalue weighted by molar-refractivity contribution is 0.0969. The van der Waals surface area contributed by atoms with Crippen molar-refractivity contribution >= 4 is 0 Å². The molecule has 0 unspecified atom stereocenters. The lowest BCUT2D eigenvalue weighted by atomic mass is 10.1. The van der Waals surface area contributed by atoms with Gasteiger partial charge in [-0.05, 0) is 48.2 Å². The SMILES string of the molecule is OCCC[C@@H](CO)N(Cc1ccc(F)cc1)Cc1ccc(F)cc1. The normalized spacial score (nSPS) is 12.5. The zero-order chi connectivity index (χ0) is 17.4. The van der Waals surface area contributed by atoms with Crippen LogP contribution in [0.15, 0.2) is 48.5 Å². The molecule has 2 aromatic carbocycles. The van der Waals surface area contributed by atoms with Gasteiger partial charge in [-0.2, -0.15) is 0 Å². The van der Waals surface area contributed by atoms with Gasteiger partial charge in [0.1, 0.15) is 11.6 Å². The Labute approximate surface area is 141 Å². The van der Waals surface area contributed by atoms with Gasteiger partial charge >= 0.3 is 0 Å². The van der Waals surface area contributed by atoms with Crippen LogP contribution >= 0.6 is 0 Å². The third kappa shape index (κ3) is 5.67. The van der Waals surface area contributed by atoms with E-state index >= 15 is 0 Å². The van der Waals surface area contributed by atoms with E-state index in [9.17, 15) is 13.9 Å². The number of hydrogen-bond acceptors (Lipinski definition) is 3. The molecule has 0 radical (unpaired) electrons. The van der Waals surface area contributed by atoms with Gasteiger partial charge in [-0.15, -0.1) is 0 Å².